The molecule has 0 bridgehead atoms. The van der Waals surface area contributed by atoms with Crippen LogP contribution in [0, 0.1) is 5.82 Å². The Kier molecular flexibility index (Phi) is 4.98. The second-order valence-corrected chi connectivity index (χ2v) is 4.60. The second-order valence-electron chi connectivity index (χ2n) is 4.60. The molecule has 4 nitrogen and oxygen atoms in total. The Bertz CT molecular complexity index is 554. The average molecular weight is 274 g/mol. The van der Waals surface area contributed by atoms with Gasteiger partial charge in [0, 0.05) is 24.9 Å². The molecule has 106 valence electrons. The normalized spacial score (nSPS) is 10.6. The lowest BCUT2D eigenvalue weighted by atomic mass is 10.1. The molecular weight excluding hydrogens is 255 g/mol. The van der Waals surface area contributed by atoms with Crippen LogP contribution in [0.2, 0.25) is 0 Å². The molecule has 0 saturated heterocycles. The SMILES string of the molecule is CCCNc1ncc(F)c(Cc2ccc(CC)cn2)n1. The third-order valence-corrected chi connectivity index (χ3v) is 2.99. The topological polar surface area (TPSA) is 50.7 Å². The van der Waals surface area contributed by atoms with Crippen molar-refractivity contribution < 1.29 is 4.39 Å². The largest absolute Gasteiger partial charge is 0.354 e. The lowest BCUT2D eigenvalue weighted by Crippen LogP contribution is -2.08. The Morgan fingerprint density at radius 3 is 2.65 bits per heavy atom. The van der Waals surface area contributed by atoms with E-state index in [1.54, 1.807) is 0 Å². The number of aryl methyl sites for hydroxylation is 1. The van der Waals surface area contributed by atoms with Gasteiger partial charge < -0.3 is 5.32 Å². The van der Waals surface area contributed by atoms with E-state index in [-0.39, 0.29) is 0 Å². The Labute approximate surface area is 118 Å². The van der Waals surface area contributed by atoms with Gasteiger partial charge in [-0.15, -0.1) is 0 Å². The monoisotopic (exact) mass is 274 g/mol. The standard InChI is InChI=1S/C15H19FN4/c1-3-7-17-15-19-10-13(16)14(20-15)8-12-6-5-11(4-2)9-18-12/h5-6,9-10H,3-4,7-8H2,1-2H3,(H,17,19,20). The zero-order valence-electron chi connectivity index (χ0n) is 11.9. The van der Waals surface area contributed by atoms with Crippen LogP contribution in [-0.4, -0.2) is 21.5 Å². The Morgan fingerprint density at radius 1 is 1.15 bits per heavy atom. The highest BCUT2D eigenvalue weighted by Crippen LogP contribution is 2.12. The van der Waals surface area contributed by atoms with Gasteiger partial charge in [-0.2, -0.15) is 0 Å². The van der Waals surface area contributed by atoms with E-state index in [0.717, 1.165) is 25.1 Å². The highest BCUT2D eigenvalue weighted by molar-refractivity contribution is 5.28. The van der Waals surface area contributed by atoms with E-state index < -0.39 is 5.82 Å². The molecule has 0 aliphatic rings. The first-order chi connectivity index (χ1) is 9.72. The molecule has 2 heterocycles. The fourth-order valence-corrected chi connectivity index (χ4v) is 1.79. The molecule has 1 N–H and O–H groups in total. The number of anilines is 1. The van der Waals surface area contributed by atoms with Crippen LogP contribution in [0.4, 0.5) is 10.3 Å². The van der Waals surface area contributed by atoms with E-state index in [4.69, 9.17) is 0 Å². The number of rotatable bonds is 6. The molecule has 2 aromatic rings. The fourth-order valence-electron chi connectivity index (χ4n) is 1.79. The molecule has 0 atom stereocenters. The minimum absolute atomic E-state index is 0.371. The summed E-state index contributed by atoms with van der Waals surface area (Å²) in [6, 6.07) is 3.93. The van der Waals surface area contributed by atoms with Crippen molar-refractivity contribution in [2.45, 2.75) is 33.1 Å². The first-order valence-electron chi connectivity index (χ1n) is 6.92. The zero-order valence-corrected chi connectivity index (χ0v) is 11.9. The second kappa shape index (κ2) is 6.93. The van der Waals surface area contributed by atoms with Crippen LogP contribution < -0.4 is 5.32 Å². The molecule has 5 heteroatoms. The minimum atomic E-state index is -0.395. The highest BCUT2D eigenvalue weighted by Gasteiger charge is 2.08. The van der Waals surface area contributed by atoms with Crippen LogP contribution in [0.15, 0.2) is 24.5 Å². The molecule has 0 aromatic carbocycles. The van der Waals surface area contributed by atoms with Crippen LogP contribution in [0.25, 0.3) is 0 Å². The summed E-state index contributed by atoms with van der Waals surface area (Å²) >= 11 is 0. The molecule has 0 amide bonds. The number of aromatic nitrogens is 3. The van der Waals surface area contributed by atoms with E-state index in [9.17, 15) is 4.39 Å². The molecular formula is C15H19FN4. The summed E-state index contributed by atoms with van der Waals surface area (Å²) in [5.74, 6) is 0.0712. The molecule has 0 spiro atoms. The van der Waals surface area contributed by atoms with Crippen molar-refractivity contribution in [3.63, 3.8) is 0 Å². The van der Waals surface area contributed by atoms with Crippen LogP contribution in [0.5, 0.6) is 0 Å². The lowest BCUT2D eigenvalue weighted by Gasteiger charge is -2.07. The van der Waals surface area contributed by atoms with Gasteiger partial charge in [-0.1, -0.05) is 19.9 Å². The molecule has 20 heavy (non-hydrogen) atoms. The summed E-state index contributed by atoms with van der Waals surface area (Å²) in [6.07, 6.45) is 5.32. The van der Waals surface area contributed by atoms with E-state index in [0.29, 0.717) is 18.1 Å². The number of nitrogens with one attached hydrogen (secondary N) is 1. The van der Waals surface area contributed by atoms with Crippen LogP contribution in [0.1, 0.15) is 37.2 Å². The molecule has 0 fully saturated rings. The molecule has 2 rings (SSSR count). The van der Waals surface area contributed by atoms with Crippen molar-refractivity contribution in [3.05, 3.63) is 47.3 Å². The van der Waals surface area contributed by atoms with Gasteiger partial charge in [-0.25, -0.2) is 14.4 Å². The van der Waals surface area contributed by atoms with Crippen LogP contribution in [0.3, 0.4) is 0 Å². The van der Waals surface area contributed by atoms with Gasteiger partial charge in [-0.3, -0.25) is 4.98 Å². The predicted molar refractivity (Wildman–Crippen MR) is 77.2 cm³/mol. The molecule has 0 aliphatic carbocycles. The summed E-state index contributed by atoms with van der Waals surface area (Å²) in [6.45, 7) is 4.90. The van der Waals surface area contributed by atoms with E-state index >= 15 is 0 Å². The smallest absolute Gasteiger partial charge is 0.223 e. The van der Waals surface area contributed by atoms with Gasteiger partial charge in [0.25, 0.3) is 0 Å². The molecule has 2 aromatic heterocycles. The summed E-state index contributed by atoms with van der Waals surface area (Å²) < 4.78 is 13.7. The lowest BCUT2D eigenvalue weighted by molar-refractivity contribution is 0.595. The third-order valence-electron chi connectivity index (χ3n) is 2.99. The summed E-state index contributed by atoms with van der Waals surface area (Å²) in [5.41, 5.74) is 2.35. The van der Waals surface area contributed by atoms with Gasteiger partial charge in [0.15, 0.2) is 5.82 Å². The van der Waals surface area contributed by atoms with E-state index in [2.05, 4.69) is 34.1 Å². The third kappa shape index (κ3) is 3.73. The Hall–Kier alpha value is -2.04. The van der Waals surface area contributed by atoms with Gasteiger partial charge in [-0.05, 0) is 24.5 Å². The van der Waals surface area contributed by atoms with E-state index in [1.807, 2.05) is 18.3 Å². The maximum absolute atomic E-state index is 13.7. The highest BCUT2D eigenvalue weighted by atomic mass is 19.1. The van der Waals surface area contributed by atoms with Gasteiger partial charge >= 0.3 is 0 Å². The number of hydrogen-bond acceptors (Lipinski definition) is 4. The summed E-state index contributed by atoms with van der Waals surface area (Å²) in [4.78, 5) is 12.5. The molecule has 0 aliphatic heterocycles. The van der Waals surface area contributed by atoms with Crippen LogP contribution in [-0.2, 0) is 12.8 Å². The van der Waals surface area contributed by atoms with Crippen molar-refractivity contribution in [2.24, 2.45) is 0 Å². The minimum Gasteiger partial charge on any atom is -0.354 e. The van der Waals surface area contributed by atoms with Crippen molar-refractivity contribution in [1.82, 2.24) is 15.0 Å². The maximum atomic E-state index is 13.7. The van der Waals surface area contributed by atoms with Gasteiger partial charge in [0.1, 0.15) is 0 Å². The molecule has 0 saturated carbocycles. The predicted octanol–water partition coefficient (Wildman–Crippen LogP) is 2.99. The average Bonchev–Trinajstić information content (AvgIpc) is 2.49. The zero-order chi connectivity index (χ0) is 14.4. The van der Waals surface area contributed by atoms with Crippen molar-refractivity contribution in [2.75, 3.05) is 11.9 Å². The molecule has 0 unspecified atom stereocenters. The Morgan fingerprint density at radius 2 is 2.00 bits per heavy atom. The number of hydrogen-bond donors (Lipinski definition) is 1. The number of halogens is 1. The van der Waals surface area contributed by atoms with Crippen molar-refractivity contribution >= 4 is 5.95 Å². The van der Waals surface area contributed by atoms with Crippen molar-refractivity contribution in [3.8, 4) is 0 Å². The Balaban J connectivity index is 2.14. The van der Waals surface area contributed by atoms with Crippen LogP contribution >= 0.6 is 0 Å². The van der Waals surface area contributed by atoms with Gasteiger partial charge in [0.05, 0.1) is 11.9 Å². The fraction of sp³-hybridized carbons (Fsp3) is 0.400. The number of nitrogens with zero attached hydrogens (tertiary/aromatic N) is 3. The van der Waals surface area contributed by atoms with E-state index in [1.165, 1.54) is 11.8 Å². The van der Waals surface area contributed by atoms with Crippen molar-refractivity contribution in [1.29, 1.82) is 0 Å². The molecule has 0 radical (unpaired) electrons. The van der Waals surface area contributed by atoms with Gasteiger partial charge in [0.2, 0.25) is 5.95 Å². The number of pyridine rings is 1. The first-order valence-corrected chi connectivity index (χ1v) is 6.92. The summed E-state index contributed by atoms with van der Waals surface area (Å²) in [7, 11) is 0. The quantitative estimate of drug-likeness (QED) is 0.879. The summed E-state index contributed by atoms with van der Waals surface area (Å²) in [5, 5.41) is 3.06. The first kappa shape index (κ1) is 14.4. The maximum Gasteiger partial charge on any atom is 0.223 e.